The summed E-state index contributed by atoms with van der Waals surface area (Å²) < 4.78 is 4.19. The standard InChI is InChI=1S/C18H27N5O/c1-13(2)17-19-7-10-22(17)9-6-16(24)23-8-5-15(12-23)18-20-14(3)11-21(18)4/h7,10-11,13,15H,5-6,8-9,12H2,1-4H3/t15-/m1/s1. The summed E-state index contributed by atoms with van der Waals surface area (Å²) in [5.41, 5.74) is 1.04. The van der Waals surface area contributed by atoms with Gasteiger partial charge in [-0.25, -0.2) is 9.97 Å². The summed E-state index contributed by atoms with van der Waals surface area (Å²) in [6.45, 7) is 8.58. The zero-order valence-corrected chi connectivity index (χ0v) is 15.1. The second-order valence-corrected chi connectivity index (χ2v) is 7.06. The summed E-state index contributed by atoms with van der Waals surface area (Å²) >= 11 is 0. The van der Waals surface area contributed by atoms with Gasteiger partial charge in [0.2, 0.25) is 5.91 Å². The van der Waals surface area contributed by atoms with E-state index in [1.165, 1.54) is 0 Å². The fourth-order valence-electron chi connectivity index (χ4n) is 3.60. The molecule has 0 spiro atoms. The van der Waals surface area contributed by atoms with Gasteiger partial charge in [-0.15, -0.1) is 0 Å². The third kappa shape index (κ3) is 3.37. The van der Waals surface area contributed by atoms with Crippen LogP contribution in [0.15, 0.2) is 18.6 Å². The summed E-state index contributed by atoms with van der Waals surface area (Å²) in [5, 5.41) is 0. The maximum Gasteiger partial charge on any atom is 0.224 e. The van der Waals surface area contributed by atoms with Crippen molar-refractivity contribution in [2.75, 3.05) is 13.1 Å². The molecule has 1 amide bonds. The molecule has 0 radical (unpaired) electrons. The summed E-state index contributed by atoms with van der Waals surface area (Å²) in [5.74, 6) is 3.10. The molecule has 0 unspecified atom stereocenters. The Kier molecular flexibility index (Phi) is 4.73. The molecule has 0 aromatic carbocycles. The molecule has 6 heteroatoms. The Balaban J connectivity index is 1.57. The quantitative estimate of drug-likeness (QED) is 0.847. The number of hydrogen-bond acceptors (Lipinski definition) is 3. The molecular weight excluding hydrogens is 302 g/mol. The van der Waals surface area contributed by atoms with Crippen LogP contribution in [0.3, 0.4) is 0 Å². The van der Waals surface area contributed by atoms with E-state index in [1.54, 1.807) is 0 Å². The molecule has 130 valence electrons. The van der Waals surface area contributed by atoms with Crippen LogP contribution < -0.4 is 0 Å². The van der Waals surface area contributed by atoms with Gasteiger partial charge < -0.3 is 14.0 Å². The van der Waals surface area contributed by atoms with E-state index in [1.807, 2.05) is 37.5 Å². The van der Waals surface area contributed by atoms with E-state index < -0.39 is 0 Å². The molecule has 2 aromatic rings. The predicted molar refractivity (Wildman–Crippen MR) is 92.8 cm³/mol. The topological polar surface area (TPSA) is 56.0 Å². The molecule has 1 aliphatic rings. The van der Waals surface area contributed by atoms with E-state index in [0.29, 0.717) is 24.8 Å². The number of aromatic nitrogens is 4. The molecule has 1 saturated heterocycles. The Morgan fingerprint density at radius 2 is 2.21 bits per heavy atom. The predicted octanol–water partition coefficient (Wildman–Crippen LogP) is 2.45. The highest BCUT2D eigenvalue weighted by Gasteiger charge is 2.29. The van der Waals surface area contributed by atoms with Gasteiger partial charge in [-0.1, -0.05) is 13.8 Å². The molecule has 1 atom stereocenters. The summed E-state index contributed by atoms with van der Waals surface area (Å²) in [7, 11) is 2.03. The number of carbonyl (C=O) groups is 1. The number of nitrogens with zero attached hydrogens (tertiary/aromatic N) is 5. The first-order valence-corrected chi connectivity index (χ1v) is 8.74. The number of hydrogen-bond donors (Lipinski definition) is 0. The van der Waals surface area contributed by atoms with Gasteiger partial charge in [0.1, 0.15) is 11.6 Å². The third-order valence-electron chi connectivity index (χ3n) is 4.77. The largest absolute Gasteiger partial charge is 0.342 e. The Bertz CT molecular complexity index is 715. The van der Waals surface area contributed by atoms with E-state index in [9.17, 15) is 4.79 Å². The molecule has 0 saturated carbocycles. The lowest BCUT2D eigenvalue weighted by Gasteiger charge is -2.17. The second kappa shape index (κ2) is 6.79. The van der Waals surface area contributed by atoms with Gasteiger partial charge in [-0.2, -0.15) is 0 Å². The highest BCUT2D eigenvalue weighted by Crippen LogP contribution is 2.26. The van der Waals surface area contributed by atoms with Crippen molar-refractivity contribution in [3.8, 4) is 0 Å². The molecule has 3 rings (SSSR count). The number of likely N-dealkylation sites (tertiary alicyclic amines) is 1. The van der Waals surface area contributed by atoms with Crippen LogP contribution in [0.5, 0.6) is 0 Å². The van der Waals surface area contributed by atoms with Crippen molar-refractivity contribution in [3.05, 3.63) is 35.9 Å². The third-order valence-corrected chi connectivity index (χ3v) is 4.77. The lowest BCUT2D eigenvalue weighted by molar-refractivity contribution is -0.130. The van der Waals surface area contributed by atoms with Crippen LogP contribution in [-0.4, -0.2) is 43.0 Å². The van der Waals surface area contributed by atoms with E-state index in [4.69, 9.17) is 0 Å². The number of aryl methyl sites for hydroxylation is 3. The van der Waals surface area contributed by atoms with Gasteiger partial charge in [0, 0.05) is 63.5 Å². The van der Waals surface area contributed by atoms with Crippen LogP contribution in [0, 0.1) is 6.92 Å². The Morgan fingerprint density at radius 3 is 2.88 bits per heavy atom. The number of amides is 1. The Morgan fingerprint density at radius 1 is 1.42 bits per heavy atom. The first kappa shape index (κ1) is 16.7. The van der Waals surface area contributed by atoms with Gasteiger partial charge in [0.15, 0.2) is 0 Å². The highest BCUT2D eigenvalue weighted by molar-refractivity contribution is 5.76. The highest BCUT2D eigenvalue weighted by atomic mass is 16.2. The monoisotopic (exact) mass is 329 g/mol. The maximum absolute atomic E-state index is 12.6. The minimum absolute atomic E-state index is 0.229. The van der Waals surface area contributed by atoms with Crippen LogP contribution in [0.2, 0.25) is 0 Å². The van der Waals surface area contributed by atoms with Gasteiger partial charge in [0.25, 0.3) is 0 Å². The van der Waals surface area contributed by atoms with E-state index >= 15 is 0 Å². The first-order valence-electron chi connectivity index (χ1n) is 8.74. The first-order chi connectivity index (χ1) is 11.5. The van der Waals surface area contributed by atoms with E-state index in [-0.39, 0.29) is 5.91 Å². The molecule has 1 fully saturated rings. The molecule has 0 aliphatic carbocycles. The van der Waals surface area contributed by atoms with Crippen LogP contribution in [0.4, 0.5) is 0 Å². The van der Waals surface area contributed by atoms with Gasteiger partial charge in [-0.05, 0) is 13.3 Å². The smallest absolute Gasteiger partial charge is 0.224 e. The van der Waals surface area contributed by atoms with E-state index in [0.717, 1.165) is 36.9 Å². The van der Waals surface area contributed by atoms with Crippen LogP contribution in [0.1, 0.15) is 55.9 Å². The lowest BCUT2D eigenvalue weighted by Crippen LogP contribution is -2.29. The molecule has 0 N–H and O–H groups in total. The maximum atomic E-state index is 12.6. The molecule has 0 bridgehead atoms. The molecule has 3 heterocycles. The van der Waals surface area contributed by atoms with Gasteiger partial charge >= 0.3 is 0 Å². The molecule has 6 nitrogen and oxygen atoms in total. The van der Waals surface area contributed by atoms with Crippen molar-refractivity contribution >= 4 is 5.91 Å². The van der Waals surface area contributed by atoms with Crippen molar-refractivity contribution in [2.45, 2.75) is 52.0 Å². The van der Waals surface area contributed by atoms with Crippen molar-refractivity contribution < 1.29 is 4.79 Å². The van der Waals surface area contributed by atoms with Crippen molar-refractivity contribution in [1.29, 1.82) is 0 Å². The average molecular weight is 329 g/mol. The zero-order valence-electron chi connectivity index (χ0n) is 15.1. The second-order valence-electron chi connectivity index (χ2n) is 7.06. The number of rotatable bonds is 5. The lowest BCUT2D eigenvalue weighted by atomic mass is 10.1. The fraction of sp³-hybridized carbons (Fsp3) is 0.611. The molecule has 2 aromatic heterocycles. The SMILES string of the molecule is Cc1cn(C)c([C@@H]2CCN(C(=O)CCn3ccnc3C(C)C)C2)n1. The molecule has 24 heavy (non-hydrogen) atoms. The zero-order chi connectivity index (χ0) is 17.3. The van der Waals surface area contributed by atoms with Gasteiger partial charge in [-0.3, -0.25) is 4.79 Å². The van der Waals surface area contributed by atoms with Crippen LogP contribution in [0.25, 0.3) is 0 Å². The minimum atomic E-state index is 0.229. The fourth-order valence-corrected chi connectivity index (χ4v) is 3.60. The average Bonchev–Trinajstić information content (AvgIpc) is 3.23. The van der Waals surface area contributed by atoms with Gasteiger partial charge in [0.05, 0.1) is 5.69 Å². The molecular formula is C18H27N5O. The van der Waals surface area contributed by atoms with Crippen LogP contribution >= 0.6 is 0 Å². The number of imidazole rings is 2. The molecule has 1 aliphatic heterocycles. The summed E-state index contributed by atoms with van der Waals surface area (Å²) in [4.78, 5) is 23.5. The van der Waals surface area contributed by atoms with Crippen LogP contribution in [-0.2, 0) is 18.4 Å². The van der Waals surface area contributed by atoms with Crippen molar-refractivity contribution in [2.24, 2.45) is 7.05 Å². The normalized spacial score (nSPS) is 17.9. The summed E-state index contributed by atoms with van der Waals surface area (Å²) in [6, 6.07) is 0. The Hall–Kier alpha value is -2.11. The van der Waals surface area contributed by atoms with Crippen molar-refractivity contribution in [3.63, 3.8) is 0 Å². The summed E-state index contributed by atoms with van der Waals surface area (Å²) in [6.07, 6.45) is 7.36. The van der Waals surface area contributed by atoms with Crippen molar-refractivity contribution in [1.82, 2.24) is 24.0 Å². The van der Waals surface area contributed by atoms with E-state index in [2.05, 4.69) is 32.9 Å². The number of carbonyl (C=O) groups excluding carboxylic acids is 1. The Labute approximate surface area is 143 Å². The minimum Gasteiger partial charge on any atom is -0.342 e.